The molecule has 2 heterocycles. The molecule has 1 aromatic carbocycles. The van der Waals surface area contributed by atoms with Crippen molar-refractivity contribution in [3.8, 4) is 11.5 Å². The number of ether oxygens (including phenoxy) is 3. The van der Waals surface area contributed by atoms with Gasteiger partial charge in [0, 0.05) is 18.6 Å². The average Bonchev–Trinajstić information content (AvgIpc) is 3.17. The zero-order valence-electron chi connectivity index (χ0n) is 13.2. The van der Waals surface area contributed by atoms with E-state index in [-0.39, 0.29) is 5.60 Å². The highest BCUT2D eigenvalue weighted by atomic mass is 16.7. The van der Waals surface area contributed by atoms with E-state index in [1.54, 1.807) is 0 Å². The number of hydroxylamine groups is 1. The van der Waals surface area contributed by atoms with Crippen molar-refractivity contribution in [3.63, 3.8) is 0 Å². The molecule has 5 heteroatoms. The van der Waals surface area contributed by atoms with Crippen molar-refractivity contribution in [1.82, 2.24) is 5.48 Å². The third kappa shape index (κ3) is 3.05. The Morgan fingerprint density at radius 1 is 1.23 bits per heavy atom. The molecule has 1 unspecified atom stereocenters. The summed E-state index contributed by atoms with van der Waals surface area (Å²) in [4.78, 5) is 5.72. The molecule has 0 amide bonds. The third-order valence-electron chi connectivity index (χ3n) is 3.80. The lowest BCUT2D eigenvalue weighted by molar-refractivity contribution is -0.0373. The highest BCUT2D eigenvalue weighted by molar-refractivity contribution is 5.68. The van der Waals surface area contributed by atoms with Crippen molar-refractivity contribution >= 4 is 5.70 Å². The average molecular weight is 305 g/mol. The van der Waals surface area contributed by atoms with E-state index in [2.05, 4.69) is 18.5 Å². The molecule has 1 saturated heterocycles. The van der Waals surface area contributed by atoms with Crippen molar-refractivity contribution in [2.75, 3.05) is 26.4 Å². The molecule has 3 rings (SSSR count). The fourth-order valence-electron chi connectivity index (χ4n) is 2.65. The Morgan fingerprint density at radius 2 is 2.14 bits per heavy atom. The summed E-state index contributed by atoms with van der Waals surface area (Å²) in [6.07, 6.45) is 3.95. The van der Waals surface area contributed by atoms with Crippen LogP contribution < -0.4 is 15.0 Å². The minimum absolute atomic E-state index is 0.321. The first-order valence-electron chi connectivity index (χ1n) is 7.91. The van der Waals surface area contributed by atoms with Crippen LogP contribution >= 0.6 is 0 Å². The molecule has 1 aromatic rings. The van der Waals surface area contributed by atoms with Gasteiger partial charge in [-0.2, -0.15) is 0 Å². The van der Waals surface area contributed by atoms with Crippen molar-refractivity contribution in [2.45, 2.75) is 32.3 Å². The highest BCUT2D eigenvalue weighted by Gasteiger charge is 2.39. The first-order valence-corrected chi connectivity index (χ1v) is 7.91. The molecular weight excluding hydrogens is 282 g/mol. The topological polar surface area (TPSA) is 49.0 Å². The predicted octanol–water partition coefficient (Wildman–Crippen LogP) is 2.91. The molecule has 2 aliphatic heterocycles. The molecule has 1 fully saturated rings. The van der Waals surface area contributed by atoms with Gasteiger partial charge in [0.15, 0.2) is 11.5 Å². The van der Waals surface area contributed by atoms with Crippen LogP contribution in [0.4, 0.5) is 0 Å². The van der Waals surface area contributed by atoms with Crippen molar-refractivity contribution in [1.29, 1.82) is 0 Å². The van der Waals surface area contributed by atoms with Gasteiger partial charge >= 0.3 is 0 Å². The van der Waals surface area contributed by atoms with Gasteiger partial charge in [-0.3, -0.25) is 10.3 Å². The van der Waals surface area contributed by atoms with Gasteiger partial charge in [0.25, 0.3) is 0 Å². The molecule has 0 saturated carbocycles. The summed E-state index contributed by atoms with van der Waals surface area (Å²) in [6, 6.07) is 5.96. The lowest BCUT2D eigenvalue weighted by Crippen LogP contribution is -2.29. The maximum absolute atomic E-state index is 5.73. The molecular formula is C17H23NO4. The first-order chi connectivity index (χ1) is 10.8. The van der Waals surface area contributed by atoms with Gasteiger partial charge in [-0.1, -0.05) is 6.92 Å². The van der Waals surface area contributed by atoms with Crippen LogP contribution in [0.15, 0.2) is 24.3 Å². The second-order valence-electron chi connectivity index (χ2n) is 5.57. The van der Waals surface area contributed by atoms with Gasteiger partial charge in [-0.05, 0) is 37.6 Å². The highest BCUT2D eigenvalue weighted by Crippen LogP contribution is 2.36. The number of nitrogens with one attached hydrogen (secondary N) is 1. The summed E-state index contributed by atoms with van der Waals surface area (Å²) < 4.78 is 16.9. The molecule has 0 aromatic heterocycles. The van der Waals surface area contributed by atoms with Crippen LogP contribution in [0, 0.1) is 0 Å². The Bertz CT molecular complexity index is 550. The Morgan fingerprint density at radius 3 is 2.86 bits per heavy atom. The molecule has 22 heavy (non-hydrogen) atoms. The Labute approximate surface area is 131 Å². The van der Waals surface area contributed by atoms with Crippen molar-refractivity contribution < 1.29 is 19.0 Å². The van der Waals surface area contributed by atoms with Crippen LogP contribution in [0.25, 0.3) is 5.70 Å². The van der Waals surface area contributed by atoms with Gasteiger partial charge in [0.05, 0.1) is 25.5 Å². The summed E-state index contributed by atoms with van der Waals surface area (Å²) in [6.45, 7) is 6.68. The quantitative estimate of drug-likeness (QED) is 0.875. The molecule has 2 aliphatic rings. The molecule has 0 bridgehead atoms. The molecule has 1 spiro atoms. The van der Waals surface area contributed by atoms with Gasteiger partial charge in [0.2, 0.25) is 0 Å². The van der Waals surface area contributed by atoms with E-state index >= 15 is 0 Å². The Kier molecular flexibility index (Phi) is 4.55. The Hall–Kier alpha value is -1.72. The number of benzene rings is 1. The van der Waals surface area contributed by atoms with Crippen LogP contribution in [0.5, 0.6) is 11.5 Å². The molecule has 120 valence electrons. The fourth-order valence-corrected chi connectivity index (χ4v) is 2.65. The van der Waals surface area contributed by atoms with E-state index in [4.69, 9.17) is 19.0 Å². The van der Waals surface area contributed by atoms with Gasteiger partial charge < -0.3 is 14.2 Å². The molecule has 1 N–H and O–H groups in total. The molecule has 0 radical (unpaired) electrons. The summed E-state index contributed by atoms with van der Waals surface area (Å²) in [5, 5.41) is 0. The maximum Gasteiger partial charge on any atom is 0.161 e. The van der Waals surface area contributed by atoms with E-state index < -0.39 is 0 Å². The zero-order valence-corrected chi connectivity index (χ0v) is 13.2. The normalized spacial score (nSPS) is 23.5. The monoisotopic (exact) mass is 305 g/mol. The molecule has 0 aliphatic carbocycles. The van der Waals surface area contributed by atoms with Crippen LogP contribution in [-0.4, -0.2) is 32.0 Å². The summed E-state index contributed by atoms with van der Waals surface area (Å²) in [7, 11) is 0. The minimum Gasteiger partial charge on any atom is -0.490 e. The van der Waals surface area contributed by atoms with E-state index in [9.17, 15) is 0 Å². The van der Waals surface area contributed by atoms with Crippen molar-refractivity contribution in [2.24, 2.45) is 0 Å². The second-order valence-corrected chi connectivity index (χ2v) is 5.57. The van der Waals surface area contributed by atoms with E-state index in [1.807, 2.05) is 25.1 Å². The van der Waals surface area contributed by atoms with Crippen LogP contribution in [0.3, 0.4) is 0 Å². The molecule has 5 nitrogen and oxygen atoms in total. The van der Waals surface area contributed by atoms with Crippen molar-refractivity contribution in [3.05, 3.63) is 29.8 Å². The number of hydrogen-bond donors (Lipinski definition) is 1. The summed E-state index contributed by atoms with van der Waals surface area (Å²) in [5.74, 6) is 1.55. The van der Waals surface area contributed by atoms with Crippen LogP contribution in [0.2, 0.25) is 0 Å². The van der Waals surface area contributed by atoms with Crippen LogP contribution in [0.1, 0.15) is 32.3 Å². The third-order valence-corrected chi connectivity index (χ3v) is 3.80. The summed E-state index contributed by atoms with van der Waals surface area (Å²) in [5.41, 5.74) is 4.68. The maximum atomic E-state index is 5.73. The zero-order chi connectivity index (χ0) is 15.4. The second kappa shape index (κ2) is 6.58. The van der Waals surface area contributed by atoms with Crippen LogP contribution in [-0.2, 0) is 9.57 Å². The largest absolute Gasteiger partial charge is 0.490 e. The van der Waals surface area contributed by atoms with Gasteiger partial charge in [-0.15, -0.1) is 0 Å². The first kappa shape index (κ1) is 15.2. The SMILES string of the molecule is CCCOc1ccc(C2=CC3(CCOC3)ON2)cc1OCC. The van der Waals surface area contributed by atoms with Gasteiger partial charge in [0.1, 0.15) is 5.60 Å². The smallest absolute Gasteiger partial charge is 0.161 e. The van der Waals surface area contributed by atoms with E-state index in [0.717, 1.165) is 42.2 Å². The number of hydrogen-bond acceptors (Lipinski definition) is 5. The molecule has 1 atom stereocenters. The predicted molar refractivity (Wildman–Crippen MR) is 83.8 cm³/mol. The number of rotatable bonds is 6. The van der Waals surface area contributed by atoms with E-state index in [0.29, 0.717) is 19.8 Å². The van der Waals surface area contributed by atoms with Gasteiger partial charge in [-0.25, -0.2) is 0 Å². The standard InChI is InChI=1S/C17H23NO4/c1-3-8-21-15-6-5-13(10-16(15)20-4-2)14-11-17(22-18-14)7-9-19-12-17/h5-6,10-11,18H,3-4,7-9,12H2,1-2H3. The minimum atomic E-state index is -0.321. The lowest BCUT2D eigenvalue weighted by Gasteiger charge is -2.15. The van der Waals surface area contributed by atoms with E-state index in [1.165, 1.54) is 0 Å². The summed E-state index contributed by atoms with van der Waals surface area (Å²) >= 11 is 0. The lowest BCUT2D eigenvalue weighted by atomic mass is 10.0. The fraction of sp³-hybridized carbons (Fsp3) is 0.529. The Balaban J connectivity index is 1.83.